The number of likely N-dealkylation sites (tertiary alicyclic amines) is 1. The molecular formula is C11H22N2O. The highest BCUT2D eigenvalue weighted by Gasteiger charge is 2.32. The first-order valence-electron chi connectivity index (χ1n) is 5.72. The van der Waals surface area contributed by atoms with E-state index in [2.05, 4.69) is 13.8 Å². The molecule has 2 N–H and O–H groups in total. The normalized spacial score (nSPS) is 24.4. The average Bonchev–Trinajstić information content (AvgIpc) is 2.51. The minimum atomic E-state index is 0.268. The molecule has 1 aliphatic rings. The van der Waals surface area contributed by atoms with Crippen LogP contribution in [-0.2, 0) is 4.79 Å². The van der Waals surface area contributed by atoms with Gasteiger partial charge >= 0.3 is 0 Å². The van der Waals surface area contributed by atoms with Crippen LogP contribution in [0.5, 0.6) is 0 Å². The molecule has 0 saturated carbocycles. The number of carbonyl (C=O) groups is 1. The summed E-state index contributed by atoms with van der Waals surface area (Å²) in [6.45, 7) is 5.80. The van der Waals surface area contributed by atoms with Crippen molar-refractivity contribution in [3.8, 4) is 0 Å². The van der Waals surface area contributed by atoms with Gasteiger partial charge in [0.1, 0.15) is 0 Å². The Morgan fingerprint density at radius 1 is 1.57 bits per heavy atom. The van der Waals surface area contributed by atoms with E-state index >= 15 is 0 Å². The smallest absolute Gasteiger partial charge is 0.223 e. The molecule has 0 aromatic heterocycles. The van der Waals surface area contributed by atoms with E-state index in [1.54, 1.807) is 0 Å². The standard InChI is InChI=1S/C11H22N2O/c1-3-5-9-6-11(14)13(8-9)10(4-2)7-12/h9-10H,3-8,12H2,1-2H3/t9-,10?/m1/s1. The van der Waals surface area contributed by atoms with E-state index in [9.17, 15) is 4.79 Å². The second kappa shape index (κ2) is 5.35. The average molecular weight is 198 g/mol. The van der Waals surface area contributed by atoms with E-state index in [0.717, 1.165) is 19.4 Å². The maximum Gasteiger partial charge on any atom is 0.223 e. The first kappa shape index (κ1) is 11.5. The van der Waals surface area contributed by atoms with Gasteiger partial charge in [-0.3, -0.25) is 4.79 Å². The third kappa shape index (κ3) is 2.47. The summed E-state index contributed by atoms with van der Waals surface area (Å²) in [5.41, 5.74) is 5.65. The molecule has 1 fully saturated rings. The fourth-order valence-electron chi connectivity index (χ4n) is 2.28. The van der Waals surface area contributed by atoms with Gasteiger partial charge in [-0.2, -0.15) is 0 Å². The molecule has 3 nitrogen and oxygen atoms in total. The van der Waals surface area contributed by atoms with E-state index in [1.807, 2.05) is 4.90 Å². The number of hydrogen-bond acceptors (Lipinski definition) is 2. The van der Waals surface area contributed by atoms with Gasteiger partial charge < -0.3 is 10.6 Å². The van der Waals surface area contributed by atoms with Gasteiger partial charge in [0.2, 0.25) is 5.91 Å². The molecule has 1 heterocycles. The summed E-state index contributed by atoms with van der Waals surface area (Å²) < 4.78 is 0. The lowest BCUT2D eigenvalue weighted by Crippen LogP contribution is -2.41. The zero-order valence-electron chi connectivity index (χ0n) is 9.33. The Kier molecular flexibility index (Phi) is 4.39. The second-order valence-electron chi connectivity index (χ2n) is 4.20. The highest BCUT2D eigenvalue weighted by atomic mass is 16.2. The van der Waals surface area contributed by atoms with Crippen molar-refractivity contribution >= 4 is 5.91 Å². The fraction of sp³-hybridized carbons (Fsp3) is 0.909. The van der Waals surface area contributed by atoms with Crippen molar-refractivity contribution in [1.82, 2.24) is 4.90 Å². The summed E-state index contributed by atoms with van der Waals surface area (Å²) in [5.74, 6) is 0.883. The van der Waals surface area contributed by atoms with Crippen LogP contribution in [0, 0.1) is 5.92 Å². The third-order valence-electron chi connectivity index (χ3n) is 3.12. The number of hydrogen-bond donors (Lipinski definition) is 1. The minimum absolute atomic E-state index is 0.268. The van der Waals surface area contributed by atoms with Crippen molar-refractivity contribution < 1.29 is 4.79 Å². The number of carbonyl (C=O) groups excluding carboxylic acids is 1. The van der Waals surface area contributed by atoms with Crippen LogP contribution in [0.4, 0.5) is 0 Å². The fourth-order valence-corrected chi connectivity index (χ4v) is 2.28. The third-order valence-corrected chi connectivity index (χ3v) is 3.12. The van der Waals surface area contributed by atoms with Crippen LogP contribution in [0.1, 0.15) is 39.5 Å². The van der Waals surface area contributed by atoms with Crippen LogP contribution < -0.4 is 5.73 Å². The van der Waals surface area contributed by atoms with Gasteiger partial charge in [0.05, 0.1) is 0 Å². The molecule has 0 spiro atoms. The summed E-state index contributed by atoms with van der Waals surface area (Å²) >= 11 is 0. The van der Waals surface area contributed by atoms with Crippen molar-refractivity contribution in [2.45, 2.75) is 45.6 Å². The molecule has 82 valence electrons. The van der Waals surface area contributed by atoms with Crippen LogP contribution in [0.2, 0.25) is 0 Å². The number of amides is 1. The summed E-state index contributed by atoms with van der Waals surface area (Å²) in [7, 11) is 0. The molecule has 1 aliphatic heterocycles. The van der Waals surface area contributed by atoms with Gasteiger partial charge in [-0.25, -0.2) is 0 Å². The molecule has 0 aliphatic carbocycles. The Labute approximate surface area is 86.6 Å². The van der Waals surface area contributed by atoms with Crippen molar-refractivity contribution in [2.75, 3.05) is 13.1 Å². The molecular weight excluding hydrogens is 176 g/mol. The Hall–Kier alpha value is -0.570. The van der Waals surface area contributed by atoms with Gasteiger partial charge in [0.15, 0.2) is 0 Å². The Morgan fingerprint density at radius 2 is 2.29 bits per heavy atom. The van der Waals surface area contributed by atoms with Gasteiger partial charge in [-0.1, -0.05) is 20.3 Å². The number of nitrogens with two attached hydrogens (primary N) is 1. The highest BCUT2D eigenvalue weighted by molar-refractivity contribution is 5.79. The molecule has 3 heteroatoms. The van der Waals surface area contributed by atoms with E-state index in [0.29, 0.717) is 18.4 Å². The Morgan fingerprint density at radius 3 is 2.79 bits per heavy atom. The molecule has 1 rings (SSSR count). The van der Waals surface area contributed by atoms with Crippen LogP contribution >= 0.6 is 0 Å². The van der Waals surface area contributed by atoms with Crippen molar-refractivity contribution in [3.05, 3.63) is 0 Å². The van der Waals surface area contributed by atoms with Crippen LogP contribution in [-0.4, -0.2) is 29.9 Å². The molecule has 1 saturated heterocycles. The molecule has 14 heavy (non-hydrogen) atoms. The Balaban J connectivity index is 2.51. The highest BCUT2D eigenvalue weighted by Crippen LogP contribution is 2.24. The van der Waals surface area contributed by atoms with Crippen LogP contribution in [0.25, 0.3) is 0 Å². The molecule has 0 aromatic carbocycles. The number of rotatable bonds is 5. The molecule has 0 aromatic rings. The summed E-state index contributed by atoms with van der Waals surface area (Å²) in [5, 5.41) is 0. The van der Waals surface area contributed by atoms with Gasteiger partial charge in [0.25, 0.3) is 0 Å². The minimum Gasteiger partial charge on any atom is -0.338 e. The van der Waals surface area contributed by atoms with Crippen molar-refractivity contribution in [3.63, 3.8) is 0 Å². The summed E-state index contributed by atoms with van der Waals surface area (Å²) in [4.78, 5) is 13.7. The topological polar surface area (TPSA) is 46.3 Å². The lowest BCUT2D eigenvalue weighted by molar-refractivity contribution is -0.129. The molecule has 0 bridgehead atoms. The van der Waals surface area contributed by atoms with Crippen molar-refractivity contribution in [1.29, 1.82) is 0 Å². The largest absolute Gasteiger partial charge is 0.338 e. The molecule has 1 unspecified atom stereocenters. The van der Waals surface area contributed by atoms with Crippen LogP contribution in [0.3, 0.4) is 0 Å². The van der Waals surface area contributed by atoms with E-state index in [4.69, 9.17) is 5.73 Å². The van der Waals surface area contributed by atoms with E-state index in [1.165, 1.54) is 12.8 Å². The summed E-state index contributed by atoms with van der Waals surface area (Å²) in [6.07, 6.45) is 4.06. The van der Waals surface area contributed by atoms with Crippen LogP contribution in [0.15, 0.2) is 0 Å². The monoisotopic (exact) mass is 198 g/mol. The Bertz CT molecular complexity index is 190. The predicted molar refractivity (Wildman–Crippen MR) is 57.9 cm³/mol. The maximum atomic E-state index is 11.7. The molecule has 0 radical (unpaired) electrons. The second-order valence-corrected chi connectivity index (χ2v) is 4.20. The molecule has 2 atom stereocenters. The van der Waals surface area contributed by atoms with Gasteiger partial charge in [-0.15, -0.1) is 0 Å². The quantitative estimate of drug-likeness (QED) is 0.725. The van der Waals surface area contributed by atoms with Crippen molar-refractivity contribution in [2.24, 2.45) is 11.7 Å². The van der Waals surface area contributed by atoms with Gasteiger partial charge in [0, 0.05) is 25.6 Å². The predicted octanol–water partition coefficient (Wildman–Crippen LogP) is 1.37. The first-order valence-corrected chi connectivity index (χ1v) is 5.72. The SMILES string of the molecule is CCC[C@@H]1CC(=O)N(C(CC)CN)C1. The summed E-state index contributed by atoms with van der Waals surface area (Å²) in [6, 6.07) is 0.268. The lowest BCUT2D eigenvalue weighted by Gasteiger charge is -2.25. The van der Waals surface area contributed by atoms with E-state index < -0.39 is 0 Å². The first-order chi connectivity index (χ1) is 6.72. The van der Waals surface area contributed by atoms with E-state index in [-0.39, 0.29) is 6.04 Å². The van der Waals surface area contributed by atoms with Gasteiger partial charge in [-0.05, 0) is 18.8 Å². The maximum absolute atomic E-state index is 11.7. The zero-order valence-corrected chi connectivity index (χ0v) is 9.33. The molecule has 1 amide bonds. The zero-order chi connectivity index (χ0) is 10.6. The number of nitrogens with zero attached hydrogens (tertiary/aromatic N) is 1. The lowest BCUT2D eigenvalue weighted by atomic mass is 10.0.